The Kier molecular flexibility index (Phi) is 2.97. The van der Waals surface area contributed by atoms with Gasteiger partial charge >= 0.3 is 0 Å². The molecule has 0 bridgehead atoms. The number of fused-ring (bicyclic) bond motifs is 1. The lowest BCUT2D eigenvalue weighted by Crippen LogP contribution is -2.00. The smallest absolute Gasteiger partial charge is 0.274 e. The van der Waals surface area contributed by atoms with Gasteiger partial charge in [-0.2, -0.15) is 4.98 Å². The first kappa shape index (κ1) is 12.9. The fourth-order valence-electron chi connectivity index (χ4n) is 2.77. The zero-order valence-corrected chi connectivity index (χ0v) is 12.3. The molecule has 0 amide bonds. The molecule has 21 heavy (non-hydrogen) atoms. The molecule has 0 N–H and O–H groups in total. The summed E-state index contributed by atoms with van der Waals surface area (Å²) in [4.78, 5) is 4.53. The maximum Gasteiger partial charge on any atom is 0.274 e. The largest absolute Gasteiger partial charge is 0.381 e. The van der Waals surface area contributed by atoms with Crippen LogP contribution in [0.25, 0.3) is 22.5 Å². The zero-order valence-electron chi connectivity index (χ0n) is 11.5. The minimum atomic E-state index is 0.237. The summed E-state index contributed by atoms with van der Waals surface area (Å²) in [6.45, 7) is 1.43. The molecule has 0 radical (unpaired) electrons. The van der Waals surface area contributed by atoms with Gasteiger partial charge in [-0.1, -0.05) is 22.8 Å². The van der Waals surface area contributed by atoms with Gasteiger partial charge in [0.2, 0.25) is 0 Å². The molecular weight excluding hydrogens is 290 g/mol. The summed E-state index contributed by atoms with van der Waals surface area (Å²) in [6, 6.07) is 7.82. The van der Waals surface area contributed by atoms with Gasteiger partial charge in [0, 0.05) is 35.5 Å². The van der Waals surface area contributed by atoms with E-state index in [0.29, 0.717) is 12.5 Å². The summed E-state index contributed by atoms with van der Waals surface area (Å²) in [7, 11) is 1.97. The van der Waals surface area contributed by atoms with Crippen molar-refractivity contribution in [2.45, 2.75) is 12.3 Å². The van der Waals surface area contributed by atoms with E-state index in [1.807, 2.05) is 35.9 Å². The maximum absolute atomic E-state index is 6.24. The molecule has 1 atom stereocenters. The number of nitrogens with zero attached hydrogens (tertiary/aromatic N) is 3. The average Bonchev–Trinajstić information content (AvgIpc) is 3.18. The highest BCUT2D eigenvalue weighted by atomic mass is 35.5. The standard InChI is InChI=1S/C15H14ClN3O2/c1-19-12-4-2-3-11(16)10(12)7-13(19)15-17-14(18-21-15)9-5-6-20-8-9/h2-4,7,9H,5-6,8H2,1H3. The molecule has 0 spiro atoms. The van der Waals surface area contributed by atoms with Crippen LogP contribution in [0.3, 0.4) is 0 Å². The lowest BCUT2D eigenvalue weighted by atomic mass is 10.1. The first-order valence-corrected chi connectivity index (χ1v) is 7.27. The van der Waals surface area contributed by atoms with Crippen molar-refractivity contribution in [1.82, 2.24) is 14.7 Å². The minimum Gasteiger partial charge on any atom is -0.381 e. The minimum absolute atomic E-state index is 0.237. The van der Waals surface area contributed by atoms with E-state index in [9.17, 15) is 0 Å². The van der Waals surface area contributed by atoms with E-state index in [4.69, 9.17) is 20.9 Å². The Morgan fingerprint density at radius 2 is 2.29 bits per heavy atom. The first-order valence-electron chi connectivity index (χ1n) is 6.89. The normalized spacial score (nSPS) is 18.7. The molecule has 108 valence electrons. The SMILES string of the molecule is Cn1c(-c2nc(C3CCOC3)no2)cc2c(Cl)cccc21. The molecular formula is C15H14ClN3O2. The van der Waals surface area contributed by atoms with Crippen molar-refractivity contribution < 1.29 is 9.26 Å². The molecule has 1 unspecified atom stereocenters. The highest BCUT2D eigenvalue weighted by Gasteiger charge is 2.24. The second-order valence-electron chi connectivity index (χ2n) is 5.28. The number of aromatic nitrogens is 3. The van der Waals surface area contributed by atoms with Crippen LogP contribution in [0.2, 0.25) is 5.02 Å². The van der Waals surface area contributed by atoms with Gasteiger partial charge in [-0.15, -0.1) is 0 Å². The van der Waals surface area contributed by atoms with Crippen LogP contribution in [0.1, 0.15) is 18.2 Å². The highest BCUT2D eigenvalue weighted by molar-refractivity contribution is 6.35. The molecule has 1 saturated heterocycles. The van der Waals surface area contributed by atoms with E-state index in [-0.39, 0.29) is 5.92 Å². The molecule has 3 aromatic rings. The molecule has 3 heterocycles. The van der Waals surface area contributed by atoms with E-state index >= 15 is 0 Å². The van der Waals surface area contributed by atoms with Gasteiger partial charge in [-0.05, 0) is 24.6 Å². The predicted molar refractivity (Wildman–Crippen MR) is 79.4 cm³/mol. The Bertz CT molecular complexity index is 802. The van der Waals surface area contributed by atoms with Crippen molar-refractivity contribution in [3.63, 3.8) is 0 Å². The Morgan fingerprint density at radius 3 is 3.05 bits per heavy atom. The summed E-state index contributed by atoms with van der Waals surface area (Å²) >= 11 is 6.24. The van der Waals surface area contributed by atoms with Gasteiger partial charge in [0.15, 0.2) is 5.82 Å². The van der Waals surface area contributed by atoms with Crippen molar-refractivity contribution in [2.24, 2.45) is 7.05 Å². The van der Waals surface area contributed by atoms with Crippen LogP contribution in [-0.4, -0.2) is 27.9 Å². The number of rotatable bonds is 2. The maximum atomic E-state index is 6.24. The highest BCUT2D eigenvalue weighted by Crippen LogP contribution is 2.32. The predicted octanol–water partition coefficient (Wildman–Crippen LogP) is 3.39. The van der Waals surface area contributed by atoms with Crippen LogP contribution in [0.15, 0.2) is 28.8 Å². The molecule has 4 rings (SSSR count). The third kappa shape index (κ3) is 2.04. The summed E-state index contributed by atoms with van der Waals surface area (Å²) < 4.78 is 12.8. The van der Waals surface area contributed by atoms with Crippen LogP contribution >= 0.6 is 11.6 Å². The van der Waals surface area contributed by atoms with E-state index < -0.39 is 0 Å². The number of hydrogen-bond donors (Lipinski definition) is 0. The molecule has 2 aromatic heterocycles. The molecule has 1 aliphatic heterocycles. The molecule has 0 saturated carbocycles. The van der Waals surface area contributed by atoms with E-state index in [2.05, 4.69) is 10.1 Å². The molecule has 1 aromatic carbocycles. The van der Waals surface area contributed by atoms with Crippen molar-refractivity contribution in [1.29, 1.82) is 0 Å². The van der Waals surface area contributed by atoms with E-state index in [0.717, 1.165) is 40.5 Å². The van der Waals surface area contributed by atoms with Gasteiger partial charge in [0.05, 0.1) is 6.61 Å². The number of hydrogen-bond acceptors (Lipinski definition) is 4. The van der Waals surface area contributed by atoms with Crippen LogP contribution in [0.5, 0.6) is 0 Å². The quantitative estimate of drug-likeness (QED) is 0.728. The second-order valence-corrected chi connectivity index (χ2v) is 5.69. The number of halogens is 1. The fraction of sp³-hybridized carbons (Fsp3) is 0.333. The Balaban J connectivity index is 1.79. The first-order chi connectivity index (χ1) is 10.2. The van der Waals surface area contributed by atoms with Crippen molar-refractivity contribution in [3.8, 4) is 11.6 Å². The summed E-state index contributed by atoms with van der Waals surface area (Å²) in [6.07, 6.45) is 0.944. The van der Waals surface area contributed by atoms with Crippen molar-refractivity contribution in [3.05, 3.63) is 35.1 Å². The molecule has 0 aliphatic carbocycles. The lowest BCUT2D eigenvalue weighted by Gasteiger charge is -2.00. The van der Waals surface area contributed by atoms with Gasteiger partial charge in [0.25, 0.3) is 5.89 Å². The summed E-state index contributed by atoms with van der Waals surface area (Å²) in [5, 5.41) is 5.80. The van der Waals surface area contributed by atoms with Gasteiger partial charge < -0.3 is 13.8 Å². The molecule has 5 nitrogen and oxygen atoms in total. The number of aryl methyl sites for hydroxylation is 1. The Labute approximate surface area is 126 Å². The molecule has 1 aliphatic rings. The monoisotopic (exact) mass is 303 g/mol. The van der Waals surface area contributed by atoms with E-state index in [1.54, 1.807) is 0 Å². The Hall–Kier alpha value is -1.85. The number of ether oxygens (including phenoxy) is 1. The van der Waals surface area contributed by atoms with Gasteiger partial charge in [0.1, 0.15) is 5.69 Å². The fourth-order valence-corrected chi connectivity index (χ4v) is 3.00. The third-order valence-corrected chi connectivity index (χ3v) is 4.32. The Morgan fingerprint density at radius 1 is 1.38 bits per heavy atom. The van der Waals surface area contributed by atoms with Crippen LogP contribution in [-0.2, 0) is 11.8 Å². The van der Waals surface area contributed by atoms with Crippen molar-refractivity contribution in [2.75, 3.05) is 13.2 Å². The van der Waals surface area contributed by atoms with Crippen LogP contribution < -0.4 is 0 Å². The molecule has 1 fully saturated rings. The van der Waals surface area contributed by atoms with Crippen molar-refractivity contribution >= 4 is 22.5 Å². The topological polar surface area (TPSA) is 53.1 Å². The zero-order chi connectivity index (χ0) is 14.4. The molecule has 6 heteroatoms. The number of benzene rings is 1. The van der Waals surface area contributed by atoms with Gasteiger partial charge in [-0.3, -0.25) is 0 Å². The van der Waals surface area contributed by atoms with Crippen LogP contribution in [0, 0.1) is 0 Å². The summed E-state index contributed by atoms with van der Waals surface area (Å²) in [5.41, 5.74) is 1.91. The average molecular weight is 304 g/mol. The third-order valence-electron chi connectivity index (χ3n) is 3.99. The van der Waals surface area contributed by atoms with Crippen LogP contribution in [0.4, 0.5) is 0 Å². The second kappa shape index (κ2) is 4.86. The van der Waals surface area contributed by atoms with E-state index in [1.165, 1.54) is 0 Å². The lowest BCUT2D eigenvalue weighted by molar-refractivity contribution is 0.192. The van der Waals surface area contributed by atoms with Gasteiger partial charge in [-0.25, -0.2) is 0 Å². The summed E-state index contributed by atoms with van der Waals surface area (Å²) in [5.74, 6) is 1.48.